The Kier molecular flexibility index (Phi) is 5.16. The van der Waals surface area contributed by atoms with Crippen molar-refractivity contribution in [1.82, 2.24) is 9.55 Å². The molecule has 25 heavy (non-hydrogen) atoms. The maximum Gasteiger partial charge on any atom is 0.193 e. The minimum Gasteiger partial charge on any atom is -0.368 e. The summed E-state index contributed by atoms with van der Waals surface area (Å²) in [5.41, 5.74) is 0.222. The van der Waals surface area contributed by atoms with Crippen LogP contribution in [0.5, 0.6) is 0 Å². The molecule has 2 aromatic rings. The molecule has 1 aliphatic heterocycles. The van der Waals surface area contributed by atoms with E-state index in [-0.39, 0.29) is 10.8 Å². The van der Waals surface area contributed by atoms with Gasteiger partial charge in [0.05, 0.1) is 5.39 Å². The first-order valence-corrected chi connectivity index (χ1v) is 8.60. The Hall–Kier alpha value is -2.63. The fourth-order valence-electron chi connectivity index (χ4n) is 3.22. The molecule has 0 radical (unpaired) electrons. The van der Waals surface area contributed by atoms with Crippen LogP contribution in [0.15, 0.2) is 42.2 Å². The van der Waals surface area contributed by atoms with Crippen LogP contribution in [0.4, 0.5) is 16.0 Å². The number of aromatic nitrogens is 2. The second-order valence-electron chi connectivity index (χ2n) is 6.18. The first kappa shape index (κ1) is 17.2. The normalized spacial score (nSPS) is 14.5. The van der Waals surface area contributed by atoms with Gasteiger partial charge in [-0.05, 0) is 25.3 Å². The van der Waals surface area contributed by atoms with Gasteiger partial charge in [0.25, 0.3) is 0 Å². The van der Waals surface area contributed by atoms with Crippen molar-refractivity contribution >= 4 is 22.7 Å². The fourth-order valence-corrected chi connectivity index (χ4v) is 3.22. The number of allylic oxidation sites excluding steroid dienone is 1. The van der Waals surface area contributed by atoms with Gasteiger partial charge >= 0.3 is 0 Å². The quantitative estimate of drug-likeness (QED) is 0.818. The zero-order chi connectivity index (χ0) is 17.8. The number of rotatable bonds is 6. The summed E-state index contributed by atoms with van der Waals surface area (Å²) in [6.07, 6.45) is 6.65. The van der Waals surface area contributed by atoms with Gasteiger partial charge in [-0.3, -0.25) is 4.79 Å². The average Bonchev–Trinajstić information content (AvgIpc) is 2.63. The Labute approximate surface area is 146 Å². The number of piperidine rings is 1. The highest BCUT2D eigenvalue weighted by Gasteiger charge is 2.20. The molecule has 132 valence electrons. The zero-order valence-corrected chi connectivity index (χ0v) is 14.3. The lowest BCUT2D eigenvalue weighted by Gasteiger charge is -2.28. The molecule has 0 amide bonds. The van der Waals surface area contributed by atoms with Crippen LogP contribution >= 0.6 is 0 Å². The second kappa shape index (κ2) is 7.51. The first-order chi connectivity index (χ1) is 12.2. The predicted molar refractivity (Wildman–Crippen MR) is 101 cm³/mol. The van der Waals surface area contributed by atoms with Crippen molar-refractivity contribution in [3.8, 4) is 0 Å². The monoisotopic (exact) mass is 342 g/mol. The molecule has 1 fully saturated rings. The number of hydrogen-bond acceptors (Lipinski definition) is 4. The van der Waals surface area contributed by atoms with Crippen LogP contribution in [0.3, 0.4) is 0 Å². The van der Waals surface area contributed by atoms with Crippen LogP contribution in [-0.2, 0) is 6.54 Å². The summed E-state index contributed by atoms with van der Waals surface area (Å²) >= 11 is 0. The molecule has 0 aliphatic carbocycles. The number of hydrogen-bond donors (Lipinski definition) is 1. The van der Waals surface area contributed by atoms with Crippen molar-refractivity contribution < 1.29 is 4.39 Å². The van der Waals surface area contributed by atoms with E-state index in [1.165, 1.54) is 12.1 Å². The van der Waals surface area contributed by atoms with Crippen LogP contribution in [0, 0.1) is 5.82 Å². The summed E-state index contributed by atoms with van der Waals surface area (Å²) in [4.78, 5) is 18.9. The Morgan fingerprint density at radius 3 is 2.64 bits per heavy atom. The van der Waals surface area contributed by atoms with Crippen molar-refractivity contribution in [2.45, 2.75) is 25.8 Å². The summed E-state index contributed by atoms with van der Waals surface area (Å²) in [7, 11) is 0. The summed E-state index contributed by atoms with van der Waals surface area (Å²) in [5.74, 6) is 0.509. The van der Waals surface area contributed by atoms with Crippen molar-refractivity contribution in [3.63, 3.8) is 0 Å². The Morgan fingerprint density at radius 1 is 1.20 bits per heavy atom. The van der Waals surface area contributed by atoms with Crippen molar-refractivity contribution in [1.29, 1.82) is 0 Å². The summed E-state index contributed by atoms with van der Waals surface area (Å²) in [5, 5.41) is 3.43. The highest BCUT2D eigenvalue weighted by molar-refractivity contribution is 5.80. The maximum atomic E-state index is 14.6. The smallest absolute Gasteiger partial charge is 0.193 e. The Balaban J connectivity index is 2.19. The summed E-state index contributed by atoms with van der Waals surface area (Å²) in [6, 6.07) is 2.78. The molecule has 5 nitrogen and oxygen atoms in total. The molecule has 0 spiro atoms. The van der Waals surface area contributed by atoms with Gasteiger partial charge < -0.3 is 14.8 Å². The highest BCUT2D eigenvalue weighted by atomic mass is 19.1. The van der Waals surface area contributed by atoms with Gasteiger partial charge in [-0.1, -0.05) is 12.2 Å². The van der Waals surface area contributed by atoms with Gasteiger partial charge in [-0.2, -0.15) is 0 Å². The molecular formula is C19H23FN4O. The molecule has 3 rings (SSSR count). The molecule has 6 heteroatoms. The topological polar surface area (TPSA) is 50.2 Å². The minimum atomic E-state index is -0.441. The van der Waals surface area contributed by atoms with Gasteiger partial charge in [0.2, 0.25) is 0 Å². The SMILES string of the molecule is C=CCNc1cc(=O)c2cc(F)c(N3CCCCC3)nc2n1CC=C. The van der Waals surface area contributed by atoms with E-state index in [4.69, 9.17) is 0 Å². The van der Waals surface area contributed by atoms with E-state index in [1.54, 1.807) is 12.2 Å². The molecule has 0 unspecified atom stereocenters. The molecule has 1 N–H and O–H groups in total. The molecule has 2 aromatic heterocycles. The number of pyridine rings is 2. The van der Waals surface area contributed by atoms with Crippen LogP contribution in [0.1, 0.15) is 19.3 Å². The van der Waals surface area contributed by atoms with Crippen LogP contribution in [0.25, 0.3) is 11.0 Å². The lowest BCUT2D eigenvalue weighted by Crippen LogP contribution is -2.31. The highest BCUT2D eigenvalue weighted by Crippen LogP contribution is 2.25. The summed E-state index contributed by atoms with van der Waals surface area (Å²) in [6.45, 7) is 10.0. The average molecular weight is 342 g/mol. The maximum absolute atomic E-state index is 14.6. The third kappa shape index (κ3) is 3.43. The van der Waals surface area contributed by atoms with Crippen molar-refractivity contribution in [2.75, 3.05) is 29.9 Å². The standard InChI is InChI=1S/C19H23FN4O/c1-3-8-21-17-13-16(25)14-12-15(20)19(23-10-6-5-7-11-23)22-18(14)24(17)9-4-2/h3-4,12-13,21H,1-2,5-11H2. The minimum absolute atomic E-state index is 0.251. The lowest BCUT2D eigenvalue weighted by atomic mass is 10.1. The Morgan fingerprint density at radius 2 is 1.96 bits per heavy atom. The summed E-state index contributed by atoms with van der Waals surface area (Å²) < 4.78 is 16.5. The van der Waals surface area contributed by atoms with E-state index in [0.29, 0.717) is 30.4 Å². The third-order valence-electron chi connectivity index (χ3n) is 4.41. The van der Waals surface area contributed by atoms with E-state index in [2.05, 4.69) is 23.5 Å². The van der Waals surface area contributed by atoms with Crippen molar-refractivity contribution in [3.05, 3.63) is 53.5 Å². The second-order valence-corrected chi connectivity index (χ2v) is 6.18. The number of anilines is 2. The van der Waals surface area contributed by atoms with Crippen molar-refractivity contribution in [2.24, 2.45) is 0 Å². The van der Waals surface area contributed by atoms with Gasteiger partial charge in [0, 0.05) is 32.2 Å². The molecule has 0 aromatic carbocycles. The van der Waals surface area contributed by atoms with Gasteiger partial charge in [0.1, 0.15) is 11.5 Å². The van der Waals surface area contributed by atoms with Crippen LogP contribution in [0.2, 0.25) is 0 Å². The number of nitrogens with zero attached hydrogens (tertiary/aromatic N) is 3. The number of nitrogens with one attached hydrogen (secondary N) is 1. The first-order valence-electron chi connectivity index (χ1n) is 8.60. The fraction of sp³-hybridized carbons (Fsp3) is 0.368. The molecule has 0 saturated carbocycles. The van der Waals surface area contributed by atoms with Gasteiger partial charge in [-0.25, -0.2) is 9.37 Å². The molecule has 0 bridgehead atoms. The van der Waals surface area contributed by atoms with Gasteiger partial charge in [-0.15, -0.1) is 13.2 Å². The van der Waals surface area contributed by atoms with E-state index >= 15 is 0 Å². The van der Waals surface area contributed by atoms with E-state index in [1.807, 2.05) is 9.47 Å². The molecule has 3 heterocycles. The largest absolute Gasteiger partial charge is 0.368 e. The van der Waals surface area contributed by atoms with Gasteiger partial charge in [0.15, 0.2) is 17.1 Å². The number of fused-ring (bicyclic) bond motifs is 1. The molecule has 1 saturated heterocycles. The zero-order valence-electron chi connectivity index (χ0n) is 14.3. The van der Waals surface area contributed by atoms with Crippen LogP contribution in [-0.4, -0.2) is 29.2 Å². The number of halogens is 1. The van der Waals surface area contributed by atoms with E-state index in [0.717, 1.165) is 32.4 Å². The van der Waals surface area contributed by atoms with E-state index < -0.39 is 5.82 Å². The third-order valence-corrected chi connectivity index (χ3v) is 4.41. The molecule has 0 atom stereocenters. The molecule has 1 aliphatic rings. The van der Waals surface area contributed by atoms with E-state index in [9.17, 15) is 9.18 Å². The Bertz CT molecular complexity index is 853. The van der Waals surface area contributed by atoms with Crippen LogP contribution < -0.4 is 15.6 Å². The molecular weight excluding hydrogens is 319 g/mol. The predicted octanol–water partition coefficient (Wildman–Crippen LogP) is 3.31. The lowest BCUT2D eigenvalue weighted by molar-refractivity contribution is 0.550.